The summed E-state index contributed by atoms with van der Waals surface area (Å²) in [6.07, 6.45) is 11.6. The van der Waals surface area contributed by atoms with Crippen molar-refractivity contribution >= 4 is 10.4 Å². The van der Waals surface area contributed by atoms with E-state index in [2.05, 4.69) is 27.7 Å². The highest BCUT2D eigenvalue weighted by molar-refractivity contribution is 7.80. The SMILES string of the molecule is CC[C@@H](C)[C@H]1CC[C@H]2[C@@H]3CC[C@@H]4C[C@H](OS(=O)(=O)O)CC[C@]4(C)[C@H]3CC[C@]12C. The molecule has 0 aromatic rings. The van der Waals surface area contributed by atoms with Gasteiger partial charge in [-0.05, 0) is 104 Å². The summed E-state index contributed by atoms with van der Waals surface area (Å²) in [4.78, 5) is 0. The van der Waals surface area contributed by atoms with Crippen LogP contribution in [-0.4, -0.2) is 19.1 Å². The first kappa shape index (κ1) is 21.1. The van der Waals surface area contributed by atoms with Gasteiger partial charge in [0.1, 0.15) is 0 Å². The normalized spacial score (nSPS) is 49.8. The Kier molecular flexibility index (Phi) is 5.45. The molecule has 4 fully saturated rings. The maximum absolute atomic E-state index is 11.2. The van der Waals surface area contributed by atoms with Crippen LogP contribution in [0.5, 0.6) is 0 Å². The summed E-state index contributed by atoms with van der Waals surface area (Å²) in [6.45, 7) is 9.93. The molecule has 0 amide bonds. The molecule has 4 nitrogen and oxygen atoms in total. The molecule has 0 bridgehead atoms. The van der Waals surface area contributed by atoms with Crippen molar-refractivity contribution in [1.29, 1.82) is 0 Å². The van der Waals surface area contributed by atoms with Crippen molar-refractivity contribution in [3.05, 3.63) is 0 Å². The lowest BCUT2D eigenvalue weighted by atomic mass is 9.44. The zero-order valence-electron chi connectivity index (χ0n) is 18.2. The van der Waals surface area contributed by atoms with Gasteiger partial charge in [-0.25, -0.2) is 4.18 Å². The Morgan fingerprint density at radius 3 is 2.36 bits per heavy atom. The molecular formula is C23H40O4S. The molecule has 0 aromatic heterocycles. The fourth-order valence-electron chi connectivity index (χ4n) is 8.74. The van der Waals surface area contributed by atoms with Crippen molar-refractivity contribution in [1.82, 2.24) is 0 Å². The second-order valence-electron chi connectivity index (χ2n) is 11.2. The first-order valence-corrected chi connectivity index (χ1v) is 13.1. The molecule has 4 saturated carbocycles. The van der Waals surface area contributed by atoms with Gasteiger partial charge in [0.05, 0.1) is 6.10 Å². The molecule has 0 saturated heterocycles. The van der Waals surface area contributed by atoms with E-state index in [-0.39, 0.29) is 6.10 Å². The fourth-order valence-corrected chi connectivity index (χ4v) is 9.26. The molecule has 0 aromatic carbocycles. The zero-order chi connectivity index (χ0) is 20.3. The number of fused-ring (bicyclic) bond motifs is 5. The summed E-state index contributed by atoms with van der Waals surface area (Å²) in [5.41, 5.74) is 0.850. The molecule has 162 valence electrons. The molecule has 1 N–H and O–H groups in total. The number of hydrogen-bond donors (Lipinski definition) is 1. The van der Waals surface area contributed by atoms with Crippen LogP contribution in [0.2, 0.25) is 0 Å². The molecule has 4 rings (SSSR count). The molecule has 0 spiro atoms. The van der Waals surface area contributed by atoms with Crippen LogP contribution in [0.4, 0.5) is 0 Å². The van der Waals surface area contributed by atoms with Crippen LogP contribution in [0.15, 0.2) is 0 Å². The van der Waals surface area contributed by atoms with E-state index in [1.54, 1.807) is 0 Å². The van der Waals surface area contributed by atoms with Gasteiger partial charge in [-0.15, -0.1) is 0 Å². The van der Waals surface area contributed by atoms with Gasteiger partial charge in [-0.2, -0.15) is 8.42 Å². The average Bonchev–Trinajstić information content (AvgIpc) is 2.97. The molecule has 4 aliphatic rings. The lowest BCUT2D eigenvalue weighted by Gasteiger charge is -2.61. The van der Waals surface area contributed by atoms with Crippen LogP contribution in [0.25, 0.3) is 0 Å². The molecule has 0 heterocycles. The van der Waals surface area contributed by atoms with E-state index in [1.165, 1.54) is 44.9 Å². The predicted octanol–water partition coefficient (Wildman–Crippen LogP) is 5.88. The Balaban J connectivity index is 1.52. The highest BCUT2D eigenvalue weighted by atomic mass is 32.3. The maximum Gasteiger partial charge on any atom is 0.397 e. The average molecular weight is 413 g/mol. The van der Waals surface area contributed by atoms with Crippen molar-refractivity contribution in [3.8, 4) is 0 Å². The van der Waals surface area contributed by atoms with Gasteiger partial charge < -0.3 is 0 Å². The van der Waals surface area contributed by atoms with E-state index in [9.17, 15) is 8.42 Å². The second-order valence-corrected chi connectivity index (χ2v) is 12.2. The van der Waals surface area contributed by atoms with Crippen LogP contribution >= 0.6 is 0 Å². The quantitative estimate of drug-likeness (QED) is 0.586. The van der Waals surface area contributed by atoms with E-state index in [1.807, 2.05) is 0 Å². The number of hydrogen-bond acceptors (Lipinski definition) is 3. The minimum Gasteiger partial charge on any atom is -0.264 e. The Morgan fingerprint density at radius 2 is 1.68 bits per heavy atom. The standard InChI is InChI=1S/C23H40O4S/c1-5-15(2)19-8-9-20-18-7-6-16-14-17(27-28(24,25)26)10-12-22(16,3)21(18)11-13-23(19,20)4/h15-21H,5-14H2,1-4H3,(H,24,25,26)/t15-,16-,17-,18+,19-,20+,21+,22+,23-/m1/s1. The van der Waals surface area contributed by atoms with E-state index in [0.717, 1.165) is 48.9 Å². The Labute approximate surface area is 172 Å². The third-order valence-electron chi connectivity index (χ3n) is 10.3. The summed E-state index contributed by atoms with van der Waals surface area (Å²) >= 11 is 0. The lowest BCUT2D eigenvalue weighted by molar-refractivity contribution is -0.126. The highest BCUT2D eigenvalue weighted by Gasteiger charge is 2.60. The van der Waals surface area contributed by atoms with Crippen molar-refractivity contribution in [3.63, 3.8) is 0 Å². The Hall–Kier alpha value is -0.130. The second kappa shape index (κ2) is 7.23. The molecule has 9 atom stereocenters. The van der Waals surface area contributed by atoms with Crippen molar-refractivity contribution < 1.29 is 17.2 Å². The first-order valence-electron chi connectivity index (χ1n) is 11.7. The molecular weight excluding hydrogens is 372 g/mol. The first-order chi connectivity index (χ1) is 13.1. The van der Waals surface area contributed by atoms with E-state index < -0.39 is 10.4 Å². The van der Waals surface area contributed by atoms with E-state index in [0.29, 0.717) is 16.7 Å². The molecule has 4 aliphatic carbocycles. The van der Waals surface area contributed by atoms with Crippen LogP contribution in [0, 0.1) is 46.3 Å². The maximum atomic E-state index is 11.2. The minimum absolute atomic E-state index is 0.317. The van der Waals surface area contributed by atoms with Gasteiger partial charge >= 0.3 is 10.4 Å². The minimum atomic E-state index is -4.34. The molecule has 0 unspecified atom stereocenters. The van der Waals surface area contributed by atoms with Gasteiger partial charge in [-0.1, -0.05) is 34.1 Å². The summed E-state index contributed by atoms with van der Waals surface area (Å²) in [6, 6.07) is 0. The van der Waals surface area contributed by atoms with Gasteiger partial charge in [0, 0.05) is 0 Å². The molecule has 28 heavy (non-hydrogen) atoms. The smallest absolute Gasteiger partial charge is 0.264 e. The summed E-state index contributed by atoms with van der Waals surface area (Å²) in [5.74, 6) is 4.79. The van der Waals surface area contributed by atoms with E-state index >= 15 is 0 Å². The largest absolute Gasteiger partial charge is 0.397 e. The van der Waals surface area contributed by atoms with Crippen molar-refractivity contribution in [2.45, 2.75) is 98.0 Å². The van der Waals surface area contributed by atoms with Gasteiger partial charge in [0.25, 0.3) is 0 Å². The molecule has 5 heteroatoms. The molecule has 0 aliphatic heterocycles. The monoisotopic (exact) mass is 412 g/mol. The highest BCUT2D eigenvalue weighted by Crippen LogP contribution is 2.68. The lowest BCUT2D eigenvalue weighted by Crippen LogP contribution is -2.54. The Bertz CT molecular complexity index is 691. The van der Waals surface area contributed by atoms with Gasteiger partial charge in [-0.3, -0.25) is 4.55 Å². The zero-order valence-corrected chi connectivity index (χ0v) is 19.0. The topological polar surface area (TPSA) is 63.6 Å². The summed E-state index contributed by atoms with van der Waals surface area (Å²) in [7, 11) is -4.34. The van der Waals surface area contributed by atoms with Crippen molar-refractivity contribution in [2.75, 3.05) is 0 Å². The van der Waals surface area contributed by atoms with Crippen LogP contribution in [0.3, 0.4) is 0 Å². The third kappa shape index (κ3) is 3.37. The summed E-state index contributed by atoms with van der Waals surface area (Å²) < 4.78 is 36.4. The Morgan fingerprint density at radius 1 is 1.00 bits per heavy atom. The third-order valence-corrected chi connectivity index (χ3v) is 10.8. The van der Waals surface area contributed by atoms with E-state index in [4.69, 9.17) is 8.74 Å². The van der Waals surface area contributed by atoms with Crippen molar-refractivity contribution in [2.24, 2.45) is 46.3 Å². The van der Waals surface area contributed by atoms with Crippen LogP contribution in [-0.2, 0) is 14.6 Å². The van der Waals surface area contributed by atoms with Crippen LogP contribution < -0.4 is 0 Å². The van der Waals surface area contributed by atoms with Crippen LogP contribution in [0.1, 0.15) is 91.9 Å². The van der Waals surface area contributed by atoms with Gasteiger partial charge in [0.2, 0.25) is 0 Å². The molecule has 0 radical (unpaired) electrons. The number of rotatable bonds is 4. The predicted molar refractivity (Wildman–Crippen MR) is 111 cm³/mol. The summed E-state index contributed by atoms with van der Waals surface area (Å²) in [5, 5.41) is 0. The van der Waals surface area contributed by atoms with Gasteiger partial charge in [0.15, 0.2) is 0 Å². The fraction of sp³-hybridized carbons (Fsp3) is 1.00.